The van der Waals surface area contributed by atoms with Gasteiger partial charge in [0.25, 0.3) is 0 Å². The molecule has 182 valence electrons. The van der Waals surface area contributed by atoms with E-state index in [0.29, 0.717) is 23.7 Å². The maximum atomic E-state index is 10.4. The highest BCUT2D eigenvalue weighted by Crippen LogP contribution is 2.72. The van der Waals surface area contributed by atoms with Crippen LogP contribution in [0, 0.1) is 46.3 Å². The van der Waals surface area contributed by atoms with Crippen molar-refractivity contribution in [2.75, 3.05) is 0 Å². The number of hydrogen-bond donors (Lipinski definition) is 1. The first kappa shape index (κ1) is 23.4. The first-order valence-corrected chi connectivity index (χ1v) is 13.9. The van der Waals surface area contributed by atoms with E-state index >= 15 is 0 Å². The molecule has 4 aliphatic carbocycles. The molecular weight excluding hydrogens is 396 g/mol. The predicted octanol–water partition coefficient (Wildman–Crippen LogP) is 7.09. The van der Waals surface area contributed by atoms with Crippen LogP contribution >= 0.6 is 0 Å². The van der Waals surface area contributed by atoms with Gasteiger partial charge < -0.3 is 5.11 Å². The summed E-state index contributed by atoms with van der Waals surface area (Å²) >= 11 is 0. The quantitative estimate of drug-likeness (QED) is 0.351. The molecule has 32 heavy (non-hydrogen) atoms. The topological polar surface area (TPSA) is 38.7 Å². The van der Waals surface area contributed by atoms with Gasteiger partial charge in [-0.2, -0.15) is 0 Å². The molecule has 0 amide bonds. The van der Waals surface area contributed by atoms with E-state index in [-0.39, 0.29) is 17.1 Å². The smallest absolute Gasteiger partial charge is 0.130 e. The first-order valence-electron chi connectivity index (χ1n) is 13.9. The van der Waals surface area contributed by atoms with Gasteiger partial charge in [0.05, 0.1) is 6.10 Å². The maximum Gasteiger partial charge on any atom is 0.130 e. The Morgan fingerprint density at radius 2 is 1.72 bits per heavy atom. The van der Waals surface area contributed by atoms with E-state index in [2.05, 4.69) is 53.7 Å². The van der Waals surface area contributed by atoms with Crippen molar-refractivity contribution in [1.82, 2.24) is 0 Å². The van der Waals surface area contributed by atoms with Crippen LogP contribution in [-0.2, 0) is 9.78 Å². The second-order valence-electron chi connectivity index (χ2n) is 13.4. The third kappa shape index (κ3) is 3.02. The van der Waals surface area contributed by atoms with E-state index in [1.165, 1.54) is 44.9 Å². The molecule has 4 fully saturated rings. The largest absolute Gasteiger partial charge is 0.393 e. The summed E-state index contributed by atoms with van der Waals surface area (Å²) in [6.45, 7) is 14.7. The molecule has 0 aromatic rings. The van der Waals surface area contributed by atoms with Crippen molar-refractivity contribution in [2.24, 2.45) is 46.3 Å². The van der Waals surface area contributed by atoms with Gasteiger partial charge >= 0.3 is 0 Å². The summed E-state index contributed by atoms with van der Waals surface area (Å²) in [6.07, 6.45) is 16.3. The van der Waals surface area contributed by atoms with Gasteiger partial charge in [-0.3, -0.25) is 0 Å². The highest BCUT2D eigenvalue weighted by Gasteiger charge is 2.74. The van der Waals surface area contributed by atoms with E-state index < -0.39 is 5.60 Å². The highest BCUT2D eigenvalue weighted by atomic mass is 17.2. The minimum absolute atomic E-state index is 0.0792. The summed E-state index contributed by atoms with van der Waals surface area (Å²) in [5.41, 5.74) is -0.271. The van der Waals surface area contributed by atoms with Gasteiger partial charge in [0, 0.05) is 23.7 Å². The second-order valence-corrected chi connectivity index (χ2v) is 13.4. The molecule has 2 heterocycles. The van der Waals surface area contributed by atoms with E-state index in [1.807, 2.05) is 0 Å². The van der Waals surface area contributed by atoms with Gasteiger partial charge in [-0.1, -0.05) is 60.5 Å². The van der Waals surface area contributed by atoms with Gasteiger partial charge in [-0.15, -0.1) is 0 Å². The lowest BCUT2D eigenvalue weighted by Crippen LogP contribution is -2.73. The summed E-state index contributed by atoms with van der Waals surface area (Å²) in [5.74, 6) is 4.29. The number of aliphatic hydroxyl groups is 1. The fourth-order valence-electron chi connectivity index (χ4n) is 9.76. The Balaban J connectivity index is 1.39. The Morgan fingerprint density at radius 1 is 0.938 bits per heavy atom. The van der Waals surface area contributed by atoms with Crippen molar-refractivity contribution in [3.63, 3.8) is 0 Å². The lowest BCUT2D eigenvalue weighted by Gasteiger charge is -2.69. The van der Waals surface area contributed by atoms with Crippen molar-refractivity contribution in [3.8, 4) is 0 Å². The standard InChI is InChI=1S/C29H48O3/c1-7-21(19(2)3)9-8-20(4)23-10-11-24-26(23,5)14-13-25-27(6)15-12-22(30)18-28(27)16-17-29(24,25)32-31-28/h16-17,19-25,30H,7-15,18H2,1-6H3/t20-,21-,22+,23-,24?,25?,26-,27-,28-,29+/m1/s1. The van der Waals surface area contributed by atoms with Crippen LogP contribution in [0.2, 0.25) is 0 Å². The van der Waals surface area contributed by atoms with Gasteiger partial charge in [0.2, 0.25) is 0 Å². The summed E-state index contributed by atoms with van der Waals surface area (Å²) in [4.78, 5) is 12.8. The molecule has 2 spiro atoms. The fourth-order valence-corrected chi connectivity index (χ4v) is 9.76. The van der Waals surface area contributed by atoms with Gasteiger partial charge in [0.1, 0.15) is 11.2 Å². The summed E-state index contributed by atoms with van der Waals surface area (Å²) in [6, 6.07) is 0. The Labute approximate surface area is 196 Å². The van der Waals surface area contributed by atoms with Crippen molar-refractivity contribution in [2.45, 2.75) is 123 Å². The summed E-state index contributed by atoms with van der Waals surface area (Å²) in [5, 5.41) is 10.4. The molecule has 10 atom stereocenters. The average Bonchev–Trinajstić information content (AvgIpc) is 3.12. The molecule has 6 rings (SSSR count). The van der Waals surface area contributed by atoms with E-state index in [4.69, 9.17) is 9.78 Å². The minimum atomic E-state index is -0.428. The summed E-state index contributed by atoms with van der Waals surface area (Å²) < 4.78 is 0. The average molecular weight is 445 g/mol. The fraction of sp³-hybridized carbons (Fsp3) is 0.931. The van der Waals surface area contributed by atoms with Crippen LogP contribution < -0.4 is 0 Å². The van der Waals surface area contributed by atoms with Crippen molar-refractivity contribution in [3.05, 3.63) is 12.2 Å². The molecule has 6 aliphatic rings. The first-order chi connectivity index (χ1) is 15.1. The zero-order chi connectivity index (χ0) is 22.9. The SMILES string of the molecule is CC[C@H](CC[C@@H](C)[C@H]1CCC2[C@@]34C=C[C@]5(C[C@@H](O)CC[C@]5(C)C3CC[C@@]21C)OO4)C(C)C. The van der Waals surface area contributed by atoms with Crippen molar-refractivity contribution >= 4 is 0 Å². The molecule has 0 aromatic heterocycles. The van der Waals surface area contributed by atoms with Crippen LogP contribution in [0.15, 0.2) is 12.2 Å². The minimum Gasteiger partial charge on any atom is -0.393 e. The normalized spacial score (nSPS) is 51.2. The Morgan fingerprint density at radius 3 is 2.38 bits per heavy atom. The monoisotopic (exact) mass is 444 g/mol. The number of rotatable bonds is 6. The number of aliphatic hydroxyl groups excluding tert-OH is 1. The van der Waals surface area contributed by atoms with Crippen LogP contribution in [0.4, 0.5) is 0 Å². The van der Waals surface area contributed by atoms with Crippen LogP contribution in [0.3, 0.4) is 0 Å². The molecular formula is C29H48O3. The number of fused-ring (bicyclic) bond motifs is 2. The zero-order valence-electron chi connectivity index (χ0n) is 21.5. The Kier molecular flexibility index (Phi) is 5.71. The van der Waals surface area contributed by atoms with E-state index in [9.17, 15) is 5.11 Å². The van der Waals surface area contributed by atoms with E-state index in [0.717, 1.165) is 36.5 Å². The molecule has 0 radical (unpaired) electrons. The molecule has 3 nitrogen and oxygen atoms in total. The molecule has 2 bridgehead atoms. The lowest BCUT2D eigenvalue weighted by molar-refractivity contribution is -0.497. The number of hydrogen-bond acceptors (Lipinski definition) is 3. The van der Waals surface area contributed by atoms with Crippen molar-refractivity contribution in [1.29, 1.82) is 0 Å². The van der Waals surface area contributed by atoms with Gasteiger partial charge in [0.15, 0.2) is 0 Å². The molecule has 2 unspecified atom stereocenters. The molecule has 3 saturated carbocycles. The van der Waals surface area contributed by atoms with Gasteiger partial charge in [-0.05, 0) is 80.1 Å². The third-order valence-electron chi connectivity index (χ3n) is 11.8. The third-order valence-corrected chi connectivity index (χ3v) is 11.8. The van der Waals surface area contributed by atoms with Crippen LogP contribution in [0.1, 0.15) is 106 Å². The highest BCUT2D eigenvalue weighted by molar-refractivity contribution is 5.33. The predicted molar refractivity (Wildman–Crippen MR) is 129 cm³/mol. The zero-order valence-corrected chi connectivity index (χ0v) is 21.5. The maximum absolute atomic E-state index is 10.4. The Hall–Kier alpha value is -0.380. The van der Waals surface area contributed by atoms with Crippen LogP contribution in [0.25, 0.3) is 0 Å². The van der Waals surface area contributed by atoms with Crippen LogP contribution in [-0.4, -0.2) is 22.4 Å². The molecule has 0 aromatic carbocycles. The molecule has 2 aliphatic heterocycles. The van der Waals surface area contributed by atoms with Crippen LogP contribution in [0.5, 0.6) is 0 Å². The van der Waals surface area contributed by atoms with Crippen molar-refractivity contribution < 1.29 is 14.9 Å². The summed E-state index contributed by atoms with van der Waals surface area (Å²) in [7, 11) is 0. The molecule has 3 heteroatoms. The molecule has 1 saturated heterocycles. The van der Waals surface area contributed by atoms with Gasteiger partial charge in [-0.25, -0.2) is 9.78 Å². The Bertz CT molecular complexity index is 747. The second kappa shape index (κ2) is 7.82. The lowest BCUT2D eigenvalue weighted by atomic mass is 9.42. The van der Waals surface area contributed by atoms with E-state index in [1.54, 1.807) is 0 Å². The molecule has 1 N–H and O–H groups in total.